The van der Waals surface area contributed by atoms with Crippen molar-refractivity contribution in [3.8, 4) is 0 Å². The molecule has 158 valence electrons. The number of benzene rings is 1. The highest BCUT2D eigenvalue weighted by atomic mass is 19.4. The summed E-state index contributed by atoms with van der Waals surface area (Å²) < 4.78 is 44.6. The molecule has 0 saturated carbocycles. The lowest BCUT2D eigenvalue weighted by Gasteiger charge is -2.21. The van der Waals surface area contributed by atoms with Crippen molar-refractivity contribution in [2.75, 3.05) is 13.2 Å². The Morgan fingerprint density at radius 3 is 2.80 bits per heavy atom. The number of hydrogen-bond acceptors (Lipinski definition) is 4. The van der Waals surface area contributed by atoms with E-state index in [-0.39, 0.29) is 6.54 Å². The van der Waals surface area contributed by atoms with E-state index in [0.29, 0.717) is 5.92 Å². The minimum Gasteiger partial charge on any atom is -0.381 e. The molecule has 4 rings (SSSR count). The lowest BCUT2D eigenvalue weighted by molar-refractivity contribution is -0.141. The van der Waals surface area contributed by atoms with Crippen LogP contribution < -0.4 is 5.32 Å². The molecule has 1 aliphatic rings. The Labute approximate surface area is 170 Å². The summed E-state index contributed by atoms with van der Waals surface area (Å²) in [5.41, 5.74) is 2.31. The Balaban J connectivity index is 1.52. The first-order chi connectivity index (χ1) is 14.3. The van der Waals surface area contributed by atoms with E-state index in [2.05, 4.69) is 27.2 Å². The molecule has 3 aromatic rings. The molecule has 0 unspecified atom stereocenters. The van der Waals surface area contributed by atoms with E-state index in [1.54, 1.807) is 0 Å². The number of nitrogens with one attached hydrogen (secondary N) is 2. The van der Waals surface area contributed by atoms with Gasteiger partial charge in [-0.15, -0.1) is 0 Å². The van der Waals surface area contributed by atoms with Gasteiger partial charge in [-0.3, -0.25) is 4.79 Å². The first-order valence-corrected chi connectivity index (χ1v) is 9.69. The third-order valence-corrected chi connectivity index (χ3v) is 5.47. The second-order valence-corrected chi connectivity index (χ2v) is 7.40. The van der Waals surface area contributed by atoms with E-state index in [0.717, 1.165) is 60.6 Å². The van der Waals surface area contributed by atoms with Gasteiger partial charge in [0.05, 0.1) is 5.56 Å². The number of aromatic amines is 1. The van der Waals surface area contributed by atoms with Crippen LogP contribution in [0.4, 0.5) is 13.2 Å². The molecule has 3 heterocycles. The topological polar surface area (TPSA) is 79.9 Å². The third-order valence-electron chi connectivity index (χ3n) is 5.47. The summed E-state index contributed by atoms with van der Waals surface area (Å²) in [6.45, 7) is 3.65. The van der Waals surface area contributed by atoms with Crippen molar-refractivity contribution in [2.45, 2.75) is 38.4 Å². The van der Waals surface area contributed by atoms with Gasteiger partial charge in [0.15, 0.2) is 5.69 Å². The zero-order chi connectivity index (χ0) is 21.3. The van der Waals surface area contributed by atoms with Crippen LogP contribution >= 0.6 is 0 Å². The largest absolute Gasteiger partial charge is 0.434 e. The quantitative estimate of drug-likeness (QED) is 0.668. The summed E-state index contributed by atoms with van der Waals surface area (Å²) >= 11 is 0. The highest BCUT2D eigenvalue weighted by Gasteiger charge is 2.37. The maximum atomic E-state index is 13.1. The number of hydrogen-bond donors (Lipinski definition) is 2. The Morgan fingerprint density at radius 2 is 2.07 bits per heavy atom. The molecule has 1 saturated heterocycles. The number of halogens is 3. The SMILES string of the molecule is Cc1c(C2CCOCC2)[nH]c2ccc(CNC(=O)c3cncnc3C(F)(F)F)cc12. The van der Waals surface area contributed by atoms with E-state index >= 15 is 0 Å². The predicted octanol–water partition coefficient (Wildman–Crippen LogP) is 4.11. The van der Waals surface area contributed by atoms with Crippen LogP contribution in [0.1, 0.15) is 51.6 Å². The molecule has 0 bridgehead atoms. The molecule has 2 aromatic heterocycles. The summed E-state index contributed by atoms with van der Waals surface area (Å²) in [5, 5.41) is 3.58. The Kier molecular flexibility index (Phi) is 5.46. The van der Waals surface area contributed by atoms with Gasteiger partial charge >= 0.3 is 6.18 Å². The molecular weight excluding hydrogens is 397 g/mol. The number of fused-ring (bicyclic) bond motifs is 1. The molecule has 9 heteroatoms. The van der Waals surface area contributed by atoms with E-state index in [4.69, 9.17) is 4.74 Å². The summed E-state index contributed by atoms with van der Waals surface area (Å²) in [6.07, 6.45) is -1.13. The van der Waals surface area contributed by atoms with Crippen molar-refractivity contribution in [1.82, 2.24) is 20.3 Å². The van der Waals surface area contributed by atoms with Gasteiger partial charge in [0.25, 0.3) is 5.91 Å². The average molecular weight is 418 g/mol. The molecule has 1 aromatic carbocycles. The molecule has 0 spiro atoms. The molecule has 1 fully saturated rings. The van der Waals surface area contributed by atoms with E-state index in [1.807, 2.05) is 18.2 Å². The molecule has 1 aliphatic heterocycles. The van der Waals surface area contributed by atoms with Crippen LogP contribution in [-0.4, -0.2) is 34.1 Å². The summed E-state index contributed by atoms with van der Waals surface area (Å²) in [6, 6.07) is 5.73. The van der Waals surface area contributed by atoms with Crippen molar-refractivity contribution in [3.63, 3.8) is 0 Å². The van der Waals surface area contributed by atoms with Crippen molar-refractivity contribution >= 4 is 16.8 Å². The lowest BCUT2D eigenvalue weighted by Crippen LogP contribution is -2.26. The first kappa shape index (κ1) is 20.3. The van der Waals surface area contributed by atoms with Crippen molar-refractivity contribution in [1.29, 1.82) is 0 Å². The number of carbonyl (C=O) groups excluding carboxylic acids is 1. The van der Waals surface area contributed by atoms with Gasteiger partial charge in [-0.2, -0.15) is 13.2 Å². The van der Waals surface area contributed by atoms with Gasteiger partial charge in [0, 0.05) is 48.5 Å². The fraction of sp³-hybridized carbons (Fsp3) is 0.381. The van der Waals surface area contributed by atoms with Crippen LogP contribution in [0.3, 0.4) is 0 Å². The Bertz CT molecular complexity index is 1070. The van der Waals surface area contributed by atoms with Gasteiger partial charge in [-0.25, -0.2) is 9.97 Å². The minimum atomic E-state index is -4.72. The number of ether oxygens (including phenoxy) is 1. The van der Waals surface area contributed by atoms with Crippen LogP contribution in [0.15, 0.2) is 30.7 Å². The number of rotatable bonds is 4. The van der Waals surface area contributed by atoms with Gasteiger partial charge < -0.3 is 15.0 Å². The van der Waals surface area contributed by atoms with Crippen molar-refractivity contribution in [2.24, 2.45) is 0 Å². The van der Waals surface area contributed by atoms with E-state index < -0.39 is 23.3 Å². The summed E-state index contributed by atoms with van der Waals surface area (Å²) in [5.74, 6) is -0.440. The Morgan fingerprint density at radius 1 is 1.30 bits per heavy atom. The van der Waals surface area contributed by atoms with Gasteiger partial charge in [0.1, 0.15) is 6.33 Å². The number of aryl methyl sites for hydroxylation is 1. The van der Waals surface area contributed by atoms with Crippen molar-refractivity contribution < 1.29 is 22.7 Å². The maximum Gasteiger partial charge on any atom is 0.434 e. The Hall–Kier alpha value is -2.94. The second-order valence-electron chi connectivity index (χ2n) is 7.40. The summed E-state index contributed by atoms with van der Waals surface area (Å²) in [7, 11) is 0. The average Bonchev–Trinajstić information content (AvgIpc) is 3.08. The lowest BCUT2D eigenvalue weighted by atomic mass is 9.93. The minimum absolute atomic E-state index is 0.0954. The molecule has 1 amide bonds. The standard InChI is InChI=1S/C21H21F3N4O2/c1-12-15-8-13(2-3-17(15)28-18(12)14-4-6-30-7-5-14)9-26-20(29)16-10-25-11-27-19(16)21(22,23)24/h2-3,8,10-11,14,28H,4-7,9H2,1H3,(H,26,29). The van der Waals surface area contributed by atoms with Gasteiger partial charge in [0.2, 0.25) is 0 Å². The molecule has 0 atom stereocenters. The zero-order valence-corrected chi connectivity index (χ0v) is 16.3. The fourth-order valence-electron chi connectivity index (χ4n) is 3.90. The second kappa shape index (κ2) is 8.06. The smallest absolute Gasteiger partial charge is 0.381 e. The molecular formula is C21H21F3N4O2. The zero-order valence-electron chi connectivity index (χ0n) is 16.3. The number of amides is 1. The van der Waals surface area contributed by atoms with Crippen molar-refractivity contribution in [3.05, 3.63) is 58.8 Å². The third kappa shape index (κ3) is 4.02. The molecule has 6 nitrogen and oxygen atoms in total. The highest BCUT2D eigenvalue weighted by molar-refractivity contribution is 5.95. The molecule has 0 aliphatic carbocycles. The monoisotopic (exact) mass is 418 g/mol. The van der Waals surface area contributed by atoms with E-state index in [9.17, 15) is 18.0 Å². The normalized spacial score (nSPS) is 15.5. The van der Waals surface area contributed by atoms with Crippen LogP contribution in [-0.2, 0) is 17.5 Å². The van der Waals surface area contributed by atoms with Crippen LogP contribution in [0.25, 0.3) is 10.9 Å². The van der Waals surface area contributed by atoms with E-state index in [1.165, 1.54) is 5.69 Å². The van der Waals surface area contributed by atoms with Gasteiger partial charge in [-0.1, -0.05) is 6.07 Å². The first-order valence-electron chi connectivity index (χ1n) is 9.69. The fourth-order valence-corrected chi connectivity index (χ4v) is 3.90. The highest BCUT2D eigenvalue weighted by Crippen LogP contribution is 2.33. The number of alkyl halides is 3. The maximum absolute atomic E-state index is 13.1. The van der Waals surface area contributed by atoms with Crippen LogP contribution in [0.2, 0.25) is 0 Å². The molecule has 2 N–H and O–H groups in total. The number of nitrogens with zero attached hydrogens (tertiary/aromatic N) is 2. The number of H-pyrrole nitrogens is 1. The predicted molar refractivity (Wildman–Crippen MR) is 104 cm³/mol. The van der Waals surface area contributed by atoms with Gasteiger partial charge in [-0.05, 0) is 43.0 Å². The molecule has 30 heavy (non-hydrogen) atoms. The van der Waals surface area contributed by atoms with Crippen LogP contribution in [0, 0.1) is 6.92 Å². The number of carbonyl (C=O) groups is 1. The van der Waals surface area contributed by atoms with Crippen LogP contribution in [0.5, 0.6) is 0 Å². The molecule has 0 radical (unpaired) electrons. The number of aromatic nitrogens is 3. The summed E-state index contributed by atoms with van der Waals surface area (Å²) in [4.78, 5) is 22.6.